The smallest absolute Gasteiger partial charge is 0.236 e. The SMILES string of the molecule is COc1ccc(NC(=O)[C@H]2[C@@H]3NC(=S)N(c4ccc(Br)cc4)[C@]2(C)Oc2ccccc23)cc1. The lowest BCUT2D eigenvalue weighted by atomic mass is 9.78. The highest BCUT2D eigenvalue weighted by atomic mass is 79.9. The zero-order valence-corrected chi connectivity index (χ0v) is 20.4. The molecule has 0 aliphatic carbocycles. The summed E-state index contributed by atoms with van der Waals surface area (Å²) in [7, 11) is 1.61. The summed E-state index contributed by atoms with van der Waals surface area (Å²) in [6, 6.07) is 22.5. The van der Waals surface area contributed by atoms with Crippen LogP contribution in [0.5, 0.6) is 11.5 Å². The number of nitrogens with one attached hydrogen (secondary N) is 2. The third kappa shape index (κ3) is 3.73. The molecule has 1 fully saturated rings. The second-order valence-electron chi connectivity index (χ2n) is 8.13. The molecule has 2 N–H and O–H groups in total. The zero-order valence-electron chi connectivity index (χ0n) is 18.0. The first-order valence-electron chi connectivity index (χ1n) is 10.5. The molecule has 5 rings (SSSR count). The molecule has 0 radical (unpaired) electrons. The summed E-state index contributed by atoms with van der Waals surface area (Å²) < 4.78 is 12.7. The van der Waals surface area contributed by atoms with E-state index in [9.17, 15) is 4.79 Å². The second-order valence-corrected chi connectivity index (χ2v) is 9.43. The molecule has 2 aliphatic heterocycles. The number of anilines is 2. The van der Waals surface area contributed by atoms with E-state index in [-0.39, 0.29) is 11.9 Å². The first-order chi connectivity index (χ1) is 15.9. The molecular formula is C25H22BrN3O3S. The number of methoxy groups -OCH3 is 1. The van der Waals surface area contributed by atoms with E-state index in [0.29, 0.717) is 10.8 Å². The van der Waals surface area contributed by atoms with Gasteiger partial charge in [-0.1, -0.05) is 34.1 Å². The maximum atomic E-state index is 13.7. The molecule has 8 heteroatoms. The molecule has 2 heterocycles. The monoisotopic (exact) mass is 523 g/mol. The number of carbonyl (C=O) groups excluding carboxylic acids is 1. The van der Waals surface area contributed by atoms with Gasteiger partial charge >= 0.3 is 0 Å². The van der Waals surface area contributed by atoms with Gasteiger partial charge < -0.3 is 20.1 Å². The largest absolute Gasteiger partial charge is 0.497 e. The number of para-hydroxylation sites is 1. The van der Waals surface area contributed by atoms with Gasteiger partial charge in [0.15, 0.2) is 10.8 Å². The summed E-state index contributed by atoms with van der Waals surface area (Å²) in [6.07, 6.45) is 0. The lowest BCUT2D eigenvalue weighted by molar-refractivity contribution is -0.130. The van der Waals surface area contributed by atoms with Gasteiger partial charge in [0.1, 0.15) is 17.4 Å². The number of carbonyl (C=O) groups is 1. The number of ether oxygens (including phenoxy) is 2. The fourth-order valence-corrected chi connectivity index (χ4v) is 5.28. The number of fused-ring (bicyclic) bond motifs is 4. The van der Waals surface area contributed by atoms with Crippen LogP contribution in [0.15, 0.2) is 77.3 Å². The number of halogens is 1. The topological polar surface area (TPSA) is 62.8 Å². The molecule has 3 aromatic rings. The van der Waals surface area contributed by atoms with Crippen LogP contribution in [-0.4, -0.2) is 23.9 Å². The number of amides is 1. The van der Waals surface area contributed by atoms with Crippen LogP contribution in [0.4, 0.5) is 11.4 Å². The predicted molar refractivity (Wildman–Crippen MR) is 136 cm³/mol. The lowest BCUT2D eigenvalue weighted by Crippen LogP contribution is -2.72. The third-order valence-electron chi connectivity index (χ3n) is 6.13. The van der Waals surface area contributed by atoms with E-state index >= 15 is 0 Å². The fourth-order valence-electron chi connectivity index (χ4n) is 4.60. The number of hydrogen-bond acceptors (Lipinski definition) is 4. The van der Waals surface area contributed by atoms with E-state index in [4.69, 9.17) is 21.7 Å². The van der Waals surface area contributed by atoms with Crippen molar-refractivity contribution < 1.29 is 14.3 Å². The Kier molecular flexibility index (Phi) is 5.50. The normalized spacial score (nSPS) is 23.1. The molecule has 6 nitrogen and oxygen atoms in total. The van der Waals surface area contributed by atoms with Crippen LogP contribution >= 0.6 is 28.1 Å². The molecule has 0 saturated carbocycles. The average Bonchev–Trinajstić information content (AvgIpc) is 2.80. The van der Waals surface area contributed by atoms with Crippen molar-refractivity contribution in [3.8, 4) is 11.5 Å². The molecule has 2 aliphatic rings. The van der Waals surface area contributed by atoms with Gasteiger partial charge in [-0.25, -0.2) is 0 Å². The number of benzene rings is 3. The fraction of sp³-hybridized carbons (Fsp3) is 0.200. The Morgan fingerprint density at radius 1 is 1.12 bits per heavy atom. The average molecular weight is 524 g/mol. The Morgan fingerprint density at radius 2 is 1.82 bits per heavy atom. The molecule has 2 bridgehead atoms. The zero-order chi connectivity index (χ0) is 23.2. The van der Waals surface area contributed by atoms with E-state index in [1.54, 1.807) is 7.11 Å². The first kappa shape index (κ1) is 21.7. The van der Waals surface area contributed by atoms with E-state index in [1.165, 1.54) is 0 Å². The highest BCUT2D eigenvalue weighted by molar-refractivity contribution is 9.10. The van der Waals surface area contributed by atoms with Crippen molar-refractivity contribution in [2.45, 2.75) is 18.7 Å². The van der Waals surface area contributed by atoms with Crippen molar-refractivity contribution in [3.05, 3.63) is 82.8 Å². The van der Waals surface area contributed by atoms with Crippen LogP contribution in [0.25, 0.3) is 0 Å². The number of nitrogens with zero attached hydrogens (tertiary/aromatic N) is 1. The number of thiocarbonyl (C=S) groups is 1. The summed E-state index contributed by atoms with van der Waals surface area (Å²) in [5.41, 5.74) is 1.37. The van der Waals surface area contributed by atoms with Crippen molar-refractivity contribution >= 4 is 50.5 Å². The molecule has 0 spiro atoms. The van der Waals surface area contributed by atoms with Crippen LogP contribution in [-0.2, 0) is 4.79 Å². The van der Waals surface area contributed by atoms with E-state index in [2.05, 4.69) is 26.6 Å². The van der Waals surface area contributed by atoms with Crippen LogP contribution in [0.3, 0.4) is 0 Å². The summed E-state index contributed by atoms with van der Waals surface area (Å²) in [6.45, 7) is 1.92. The van der Waals surface area contributed by atoms with Crippen LogP contribution < -0.4 is 25.0 Å². The highest BCUT2D eigenvalue weighted by Crippen LogP contribution is 2.49. The second kappa shape index (κ2) is 8.35. The Morgan fingerprint density at radius 3 is 2.52 bits per heavy atom. The molecule has 168 valence electrons. The maximum Gasteiger partial charge on any atom is 0.236 e. The highest BCUT2D eigenvalue weighted by Gasteiger charge is 2.59. The molecule has 3 aromatic carbocycles. The van der Waals surface area contributed by atoms with Gasteiger partial charge in [-0.15, -0.1) is 0 Å². The van der Waals surface area contributed by atoms with Gasteiger partial charge in [0.2, 0.25) is 5.91 Å². The van der Waals surface area contributed by atoms with E-state index in [0.717, 1.165) is 27.2 Å². The molecular weight excluding hydrogens is 502 g/mol. The summed E-state index contributed by atoms with van der Waals surface area (Å²) in [5, 5.41) is 6.97. The van der Waals surface area contributed by atoms with Crippen molar-refractivity contribution in [2.75, 3.05) is 17.3 Å². The van der Waals surface area contributed by atoms with Crippen molar-refractivity contribution in [3.63, 3.8) is 0 Å². The maximum absolute atomic E-state index is 13.7. The molecule has 0 aromatic heterocycles. The summed E-state index contributed by atoms with van der Waals surface area (Å²) >= 11 is 9.26. The molecule has 33 heavy (non-hydrogen) atoms. The quantitative estimate of drug-likeness (QED) is 0.455. The minimum atomic E-state index is -1.05. The summed E-state index contributed by atoms with van der Waals surface area (Å²) in [5.74, 6) is 0.694. The van der Waals surface area contributed by atoms with Crippen LogP contribution in [0.1, 0.15) is 18.5 Å². The number of rotatable bonds is 4. The van der Waals surface area contributed by atoms with Gasteiger partial charge in [-0.05, 0) is 73.7 Å². The molecule has 3 atom stereocenters. The van der Waals surface area contributed by atoms with Crippen molar-refractivity contribution in [1.29, 1.82) is 0 Å². The Hall–Kier alpha value is -3.10. The molecule has 1 amide bonds. The van der Waals surface area contributed by atoms with Crippen molar-refractivity contribution in [1.82, 2.24) is 5.32 Å². The standard InChI is InChI=1S/C25H22BrN3O3S/c1-25-21(23(30)27-16-9-13-18(31-2)14-10-16)22(19-5-3-4-6-20(19)32-25)28-24(33)29(25)17-11-7-15(26)8-12-17/h3-14,21-22H,1-2H3,(H,27,30)(H,28,33)/t21-,22-,25-/m1/s1. The van der Waals surface area contributed by atoms with Gasteiger partial charge in [0, 0.05) is 21.4 Å². The van der Waals surface area contributed by atoms with Gasteiger partial charge in [0.05, 0.1) is 13.2 Å². The van der Waals surface area contributed by atoms with E-state index in [1.807, 2.05) is 84.6 Å². The van der Waals surface area contributed by atoms with Crippen molar-refractivity contribution in [2.24, 2.45) is 5.92 Å². The van der Waals surface area contributed by atoms with Crippen LogP contribution in [0, 0.1) is 5.92 Å². The minimum absolute atomic E-state index is 0.167. The molecule has 1 saturated heterocycles. The lowest BCUT2D eigenvalue weighted by Gasteiger charge is -2.56. The first-order valence-corrected chi connectivity index (χ1v) is 11.7. The Labute approximate surface area is 206 Å². The minimum Gasteiger partial charge on any atom is -0.497 e. The Balaban J connectivity index is 1.58. The summed E-state index contributed by atoms with van der Waals surface area (Å²) in [4.78, 5) is 15.6. The molecule has 0 unspecified atom stereocenters. The van der Waals surface area contributed by atoms with E-state index < -0.39 is 11.6 Å². The Bertz CT molecular complexity index is 1220. The van der Waals surface area contributed by atoms with Crippen LogP contribution in [0.2, 0.25) is 0 Å². The predicted octanol–water partition coefficient (Wildman–Crippen LogP) is 5.26. The van der Waals surface area contributed by atoms with Gasteiger partial charge in [0.25, 0.3) is 0 Å². The third-order valence-corrected chi connectivity index (χ3v) is 6.96. The van der Waals surface area contributed by atoms with Gasteiger partial charge in [-0.2, -0.15) is 0 Å². The van der Waals surface area contributed by atoms with Gasteiger partial charge in [-0.3, -0.25) is 9.69 Å². The number of hydrogen-bond donors (Lipinski definition) is 2.